The number of carbonyl (C=O) groups excluding carboxylic acids is 1. The Balaban J connectivity index is 2.17. The van der Waals surface area contributed by atoms with Crippen LogP contribution in [0.5, 0.6) is 0 Å². The number of nitrogen functional groups attached to an aromatic ring is 1. The van der Waals surface area contributed by atoms with Crippen molar-refractivity contribution in [3.63, 3.8) is 0 Å². The molecule has 0 fully saturated rings. The van der Waals surface area contributed by atoms with Crippen LogP contribution in [0.1, 0.15) is 35.0 Å². The molecular weight excluding hydrogens is 234 g/mol. The Hall–Kier alpha value is -2.38. The number of aromatic amines is 1. The highest BCUT2D eigenvalue weighted by molar-refractivity contribution is 5.98. The number of nitrogens with one attached hydrogen (secondary N) is 2. The molecular formula is C10H15N7O. The number of rotatable bonds is 3. The highest BCUT2D eigenvalue weighted by Gasteiger charge is 2.20. The number of aromatic nitrogens is 5. The van der Waals surface area contributed by atoms with Gasteiger partial charge in [-0.25, -0.2) is 4.98 Å². The predicted octanol–water partition coefficient (Wildman–Crippen LogP) is -0.0802. The third kappa shape index (κ3) is 2.04. The number of hydrogen-bond acceptors (Lipinski definition) is 5. The minimum absolute atomic E-state index is 0.283. The normalized spacial score (nSPS) is 12.4. The van der Waals surface area contributed by atoms with Crippen LogP contribution in [0.3, 0.4) is 0 Å². The van der Waals surface area contributed by atoms with E-state index in [0.29, 0.717) is 22.9 Å². The number of anilines is 1. The molecule has 0 saturated carbocycles. The van der Waals surface area contributed by atoms with E-state index in [9.17, 15) is 4.79 Å². The molecule has 2 aromatic rings. The Labute approximate surface area is 104 Å². The second kappa shape index (κ2) is 4.47. The molecule has 8 heteroatoms. The topological polar surface area (TPSA) is 115 Å². The van der Waals surface area contributed by atoms with Gasteiger partial charge in [0.2, 0.25) is 0 Å². The van der Waals surface area contributed by atoms with Crippen LogP contribution in [-0.2, 0) is 7.05 Å². The van der Waals surface area contributed by atoms with Gasteiger partial charge in [0.15, 0.2) is 0 Å². The minimum atomic E-state index is -0.292. The van der Waals surface area contributed by atoms with Crippen LogP contribution < -0.4 is 11.1 Å². The molecule has 4 N–H and O–H groups in total. The van der Waals surface area contributed by atoms with Crippen LogP contribution >= 0.6 is 0 Å². The maximum absolute atomic E-state index is 12.1. The van der Waals surface area contributed by atoms with E-state index in [1.54, 1.807) is 20.9 Å². The molecule has 0 aliphatic rings. The lowest BCUT2D eigenvalue weighted by Gasteiger charge is -2.11. The molecule has 0 bridgehead atoms. The molecule has 2 heterocycles. The van der Waals surface area contributed by atoms with Gasteiger partial charge in [-0.3, -0.25) is 14.6 Å². The predicted molar refractivity (Wildman–Crippen MR) is 64.6 cm³/mol. The molecule has 18 heavy (non-hydrogen) atoms. The van der Waals surface area contributed by atoms with E-state index in [2.05, 4.69) is 25.6 Å². The first kappa shape index (κ1) is 12.1. The molecule has 2 rings (SSSR count). The van der Waals surface area contributed by atoms with Crippen molar-refractivity contribution in [1.82, 2.24) is 30.3 Å². The average molecular weight is 249 g/mol. The second-order valence-electron chi connectivity index (χ2n) is 4.04. The zero-order valence-corrected chi connectivity index (χ0v) is 10.4. The smallest absolute Gasteiger partial charge is 0.272 e. The van der Waals surface area contributed by atoms with Gasteiger partial charge in [-0.2, -0.15) is 10.2 Å². The van der Waals surface area contributed by atoms with Crippen molar-refractivity contribution in [1.29, 1.82) is 0 Å². The number of H-pyrrole nitrogens is 1. The summed E-state index contributed by atoms with van der Waals surface area (Å²) in [5, 5.41) is 13.3. The molecule has 1 atom stereocenters. The van der Waals surface area contributed by atoms with Crippen LogP contribution in [0.15, 0.2) is 6.33 Å². The highest BCUT2D eigenvalue weighted by Crippen LogP contribution is 2.16. The van der Waals surface area contributed by atoms with E-state index in [4.69, 9.17) is 5.73 Å². The van der Waals surface area contributed by atoms with Crippen molar-refractivity contribution in [2.75, 3.05) is 5.73 Å². The summed E-state index contributed by atoms with van der Waals surface area (Å²) in [6.07, 6.45) is 1.39. The molecule has 96 valence electrons. The summed E-state index contributed by atoms with van der Waals surface area (Å²) < 4.78 is 1.47. The third-order valence-corrected chi connectivity index (χ3v) is 2.68. The Bertz CT molecular complexity index is 557. The Morgan fingerprint density at radius 2 is 2.33 bits per heavy atom. The molecule has 1 amide bonds. The summed E-state index contributed by atoms with van der Waals surface area (Å²) in [5.41, 5.74) is 7.19. The van der Waals surface area contributed by atoms with Crippen molar-refractivity contribution >= 4 is 11.6 Å². The van der Waals surface area contributed by atoms with Gasteiger partial charge in [0.05, 0.1) is 17.4 Å². The lowest BCUT2D eigenvalue weighted by Crippen LogP contribution is -2.29. The molecule has 2 aromatic heterocycles. The van der Waals surface area contributed by atoms with Crippen molar-refractivity contribution in [3.8, 4) is 0 Å². The Morgan fingerprint density at radius 3 is 2.83 bits per heavy atom. The minimum Gasteiger partial charge on any atom is -0.395 e. The van der Waals surface area contributed by atoms with Crippen LogP contribution in [0.25, 0.3) is 0 Å². The largest absolute Gasteiger partial charge is 0.395 e. The van der Waals surface area contributed by atoms with Crippen molar-refractivity contribution < 1.29 is 4.79 Å². The SMILES string of the molecule is Cc1nn(C)c(C(=O)NC(C)c2ncn[nH]2)c1N. The van der Waals surface area contributed by atoms with E-state index in [1.165, 1.54) is 11.0 Å². The van der Waals surface area contributed by atoms with Gasteiger partial charge in [0.1, 0.15) is 17.8 Å². The number of nitrogens with two attached hydrogens (primary N) is 1. The van der Waals surface area contributed by atoms with Crippen molar-refractivity contribution in [2.24, 2.45) is 7.05 Å². The van der Waals surface area contributed by atoms with E-state index >= 15 is 0 Å². The monoisotopic (exact) mass is 249 g/mol. The fourth-order valence-corrected chi connectivity index (χ4v) is 1.70. The molecule has 0 spiro atoms. The molecule has 0 aliphatic carbocycles. The average Bonchev–Trinajstić information content (AvgIpc) is 2.88. The van der Waals surface area contributed by atoms with Gasteiger partial charge < -0.3 is 11.1 Å². The fourth-order valence-electron chi connectivity index (χ4n) is 1.70. The zero-order chi connectivity index (χ0) is 13.3. The Kier molecular flexibility index (Phi) is 3.00. The second-order valence-corrected chi connectivity index (χ2v) is 4.04. The number of aryl methyl sites for hydroxylation is 2. The summed E-state index contributed by atoms with van der Waals surface area (Å²) in [6, 6.07) is -0.283. The van der Waals surface area contributed by atoms with E-state index in [0.717, 1.165) is 0 Å². The highest BCUT2D eigenvalue weighted by atomic mass is 16.2. The van der Waals surface area contributed by atoms with Gasteiger partial charge in [-0.05, 0) is 13.8 Å². The molecule has 0 saturated heterocycles. The molecule has 0 aliphatic heterocycles. The molecule has 0 aromatic carbocycles. The van der Waals surface area contributed by atoms with Crippen LogP contribution in [0.4, 0.5) is 5.69 Å². The number of amides is 1. The van der Waals surface area contributed by atoms with Gasteiger partial charge in [0, 0.05) is 7.05 Å². The lowest BCUT2D eigenvalue weighted by atomic mass is 10.2. The summed E-state index contributed by atoms with van der Waals surface area (Å²) in [6.45, 7) is 3.56. The van der Waals surface area contributed by atoms with Crippen molar-refractivity contribution in [2.45, 2.75) is 19.9 Å². The first-order chi connectivity index (χ1) is 8.50. The van der Waals surface area contributed by atoms with Crippen LogP contribution in [0.2, 0.25) is 0 Å². The first-order valence-electron chi connectivity index (χ1n) is 5.46. The van der Waals surface area contributed by atoms with Crippen LogP contribution in [-0.4, -0.2) is 30.9 Å². The van der Waals surface area contributed by atoms with Gasteiger partial charge in [-0.15, -0.1) is 0 Å². The van der Waals surface area contributed by atoms with E-state index in [1.807, 2.05) is 0 Å². The molecule has 8 nitrogen and oxygen atoms in total. The quantitative estimate of drug-likeness (QED) is 0.703. The molecule has 0 radical (unpaired) electrons. The Morgan fingerprint density at radius 1 is 1.61 bits per heavy atom. The van der Waals surface area contributed by atoms with Gasteiger partial charge in [-0.1, -0.05) is 0 Å². The van der Waals surface area contributed by atoms with Gasteiger partial charge >= 0.3 is 0 Å². The number of carbonyl (C=O) groups is 1. The maximum atomic E-state index is 12.1. The standard InChI is InChI=1S/C10H15N7O/c1-5-7(11)8(17(3)16-5)10(18)14-6(2)9-12-4-13-15-9/h4,6H,11H2,1-3H3,(H,14,18)(H,12,13,15). The summed E-state index contributed by atoms with van der Waals surface area (Å²) in [7, 11) is 1.68. The maximum Gasteiger partial charge on any atom is 0.272 e. The van der Waals surface area contributed by atoms with E-state index in [-0.39, 0.29) is 11.9 Å². The fraction of sp³-hybridized carbons (Fsp3) is 0.400. The van der Waals surface area contributed by atoms with E-state index < -0.39 is 0 Å². The summed E-state index contributed by atoms with van der Waals surface area (Å²) >= 11 is 0. The third-order valence-electron chi connectivity index (χ3n) is 2.68. The lowest BCUT2D eigenvalue weighted by molar-refractivity contribution is 0.0930. The number of nitrogens with zero attached hydrogens (tertiary/aromatic N) is 4. The summed E-state index contributed by atoms with van der Waals surface area (Å²) in [4.78, 5) is 16.1. The first-order valence-corrected chi connectivity index (χ1v) is 5.46. The summed E-state index contributed by atoms with van der Waals surface area (Å²) in [5.74, 6) is 0.292. The van der Waals surface area contributed by atoms with Crippen LogP contribution in [0, 0.1) is 6.92 Å². The zero-order valence-electron chi connectivity index (χ0n) is 10.4. The van der Waals surface area contributed by atoms with Gasteiger partial charge in [0.25, 0.3) is 5.91 Å². The van der Waals surface area contributed by atoms with Crippen molar-refractivity contribution in [3.05, 3.63) is 23.5 Å². The number of hydrogen-bond donors (Lipinski definition) is 3. The molecule has 1 unspecified atom stereocenters.